The molecule has 1 amide bonds. The second-order valence-electron chi connectivity index (χ2n) is 5.38. The van der Waals surface area contributed by atoms with E-state index in [0.29, 0.717) is 16.9 Å². The molecule has 0 unspecified atom stereocenters. The van der Waals surface area contributed by atoms with Crippen molar-refractivity contribution >= 4 is 38.4 Å². The van der Waals surface area contributed by atoms with Crippen molar-refractivity contribution in [1.29, 1.82) is 0 Å². The van der Waals surface area contributed by atoms with E-state index >= 15 is 0 Å². The predicted molar refractivity (Wildman–Crippen MR) is 94.0 cm³/mol. The van der Waals surface area contributed by atoms with E-state index in [1.165, 1.54) is 12.1 Å². The maximum absolute atomic E-state index is 12.3. The number of carbonyl (C=O) groups excluding carboxylic acids is 1. The summed E-state index contributed by atoms with van der Waals surface area (Å²) in [7, 11) is -1.87. The van der Waals surface area contributed by atoms with Crippen molar-refractivity contribution in [2.45, 2.75) is 0 Å². The minimum Gasteiger partial charge on any atom is -0.351 e. The fourth-order valence-corrected chi connectivity index (χ4v) is 2.88. The van der Waals surface area contributed by atoms with Crippen LogP contribution in [0, 0.1) is 0 Å². The van der Waals surface area contributed by atoms with E-state index in [1.54, 1.807) is 18.2 Å². The summed E-state index contributed by atoms with van der Waals surface area (Å²) >= 11 is 0. The van der Waals surface area contributed by atoms with Gasteiger partial charge in [-0.1, -0.05) is 0 Å². The number of benzene rings is 2. The van der Waals surface area contributed by atoms with E-state index in [1.807, 2.05) is 36.0 Å². The molecular weight excluding hydrogens is 328 g/mol. The molecule has 0 radical (unpaired) electrons. The molecule has 0 spiro atoms. The minimum absolute atomic E-state index is 0.243. The zero-order valence-corrected chi connectivity index (χ0v) is 13.7. The van der Waals surface area contributed by atoms with Crippen LogP contribution in [0.25, 0.3) is 10.9 Å². The third-order valence-electron chi connectivity index (χ3n) is 3.55. The number of nitrogens with one attached hydrogen (secondary N) is 2. The molecule has 0 aliphatic rings. The highest BCUT2D eigenvalue weighted by molar-refractivity contribution is 7.90. The fourth-order valence-electron chi connectivity index (χ4n) is 2.41. The van der Waals surface area contributed by atoms with Gasteiger partial charge in [0.25, 0.3) is 16.1 Å². The van der Waals surface area contributed by atoms with E-state index in [2.05, 4.69) is 10.0 Å². The first-order valence-electron chi connectivity index (χ1n) is 7.09. The molecule has 124 valence electrons. The van der Waals surface area contributed by atoms with Crippen LogP contribution in [0.5, 0.6) is 0 Å². The van der Waals surface area contributed by atoms with Gasteiger partial charge in [0.2, 0.25) is 0 Å². The standard InChI is InChI=1S/C16H16N4O3S/c1-20-9-8-11-10-12(2-7-15(11)20)16(21)18-13-3-5-14(6-4-13)19-24(17,22)23/h2-10,19H,1H3,(H,18,21)(H2,17,22,23). The Labute approximate surface area is 139 Å². The number of hydrogen-bond acceptors (Lipinski definition) is 3. The molecule has 0 aliphatic carbocycles. The lowest BCUT2D eigenvalue weighted by Gasteiger charge is -2.08. The first-order valence-corrected chi connectivity index (χ1v) is 8.63. The van der Waals surface area contributed by atoms with Gasteiger partial charge in [-0.3, -0.25) is 9.52 Å². The van der Waals surface area contributed by atoms with Crippen molar-refractivity contribution in [2.24, 2.45) is 12.2 Å². The molecule has 3 aromatic rings. The summed E-state index contributed by atoms with van der Waals surface area (Å²) in [4.78, 5) is 12.3. The molecule has 4 N–H and O–H groups in total. The van der Waals surface area contributed by atoms with Gasteiger partial charge in [0, 0.05) is 41.1 Å². The van der Waals surface area contributed by atoms with Crippen LogP contribution in [0.3, 0.4) is 0 Å². The summed E-state index contributed by atoms with van der Waals surface area (Å²) in [5.41, 5.74) is 2.46. The van der Waals surface area contributed by atoms with Crippen LogP contribution >= 0.6 is 0 Å². The van der Waals surface area contributed by atoms with Crippen molar-refractivity contribution in [2.75, 3.05) is 10.0 Å². The molecule has 0 fully saturated rings. The summed E-state index contributed by atoms with van der Waals surface area (Å²) in [5.74, 6) is -0.243. The Hall–Kier alpha value is -2.84. The molecule has 7 nitrogen and oxygen atoms in total. The van der Waals surface area contributed by atoms with Crippen molar-refractivity contribution in [1.82, 2.24) is 4.57 Å². The summed E-state index contributed by atoms with van der Waals surface area (Å²) in [6, 6.07) is 13.6. The first kappa shape index (κ1) is 16.0. The van der Waals surface area contributed by atoms with Gasteiger partial charge in [-0.05, 0) is 48.5 Å². The number of hydrogen-bond donors (Lipinski definition) is 3. The monoisotopic (exact) mass is 344 g/mol. The normalized spacial score (nSPS) is 11.4. The van der Waals surface area contributed by atoms with Crippen LogP contribution in [0.1, 0.15) is 10.4 Å². The maximum atomic E-state index is 12.3. The maximum Gasteiger partial charge on any atom is 0.296 e. The van der Waals surface area contributed by atoms with Gasteiger partial charge in [-0.15, -0.1) is 0 Å². The third-order valence-corrected chi connectivity index (χ3v) is 4.07. The first-order chi connectivity index (χ1) is 11.3. The molecule has 0 atom stereocenters. The second kappa shape index (κ2) is 5.99. The highest BCUT2D eigenvalue weighted by Crippen LogP contribution is 2.19. The van der Waals surface area contributed by atoms with Crippen LogP contribution in [0.15, 0.2) is 54.7 Å². The molecule has 8 heteroatoms. The Morgan fingerprint density at radius 3 is 2.38 bits per heavy atom. The lowest BCUT2D eigenvalue weighted by molar-refractivity contribution is 0.102. The Balaban J connectivity index is 1.75. The quantitative estimate of drug-likeness (QED) is 0.674. The Morgan fingerprint density at radius 2 is 1.71 bits per heavy atom. The molecule has 3 rings (SSSR count). The summed E-state index contributed by atoms with van der Waals surface area (Å²) in [6.07, 6.45) is 1.93. The average Bonchev–Trinajstić information content (AvgIpc) is 2.88. The topological polar surface area (TPSA) is 106 Å². The van der Waals surface area contributed by atoms with Crippen LogP contribution in [-0.2, 0) is 17.3 Å². The molecule has 2 aromatic carbocycles. The molecule has 0 saturated carbocycles. The average molecular weight is 344 g/mol. The number of fused-ring (bicyclic) bond motifs is 1. The van der Waals surface area contributed by atoms with Gasteiger partial charge >= 0.3 is 0 Å². The van der Waals surface area contributed by atoms with E-state index in [-0.39, 0.29) is 5.91 Å². The fraction of sp³-hybridized carbons (Fsp3) is 0.0625. The lowest BCUT2D eigenvalue weighted by atomic mass is 10.1. The molecule has 0 bridgehead atoms. The highest BCUT2D eigenvalue weighted by Gasteiger charge is 2.09. The SMILES string of the molecule is Cn1ccc2cc(C(=O)Nc3ccc(NS(N)(=O)=O)cc3)ccc21. The molecule has 0 saturated heterocycles. The number of aromatic nitrogens is 1. The van der Waals surface area contributed by atoms with Crippen molar-refractivity contribution < 1.29 is 13.2 Å². The van der Waals surface area contributed by atoms with Crippen LogP contribution < -0.4 is 15.2 Å². The third kappa shape index (κ3) is 3.55. The predicted octanol–water partition coefficient (Wildman–Crippen LogP) is 2.05. The lowest BCUT2D eigenvalue weighted by Crippen LogP contribution is -2.21. The van der Waals surface area contributed by atoms with Crippen LogP contribution in [-0.4, -0.2) is 18.9 Å². The number of aryl methyl sites for hydroxylation is 1. The Bertz CT molecular complexity index is 1010. The van der Waals surface area contributed by atoms with Crippen molar-refractivity contribution in [3.8, 4) is 0 Å². The van der Waals surface area contributed by atoms with Crippen molar-refractivity contribution in [3.05, 3.63) is 60.3 Å². The van der Waals surface area contributed by atoms with Crippen LogP contribution in [0.2, 0.25) is 0 Å². The van der Waals surface area contributed by atoms with Gasteiger partial charge in [0.05, 0.1) is 0 Å². The summed E-state index contributed by atoms with van der Waals surface area (Å²) in [5, 5.41) is 8.65. The molecule has 1 heterocycles. The number of amides is 1. The zero-order valence-electron chi connectivity index (χ0n) is 12.9. The number of carbonyl (C=O) groups is 1. The van der Waals surface area contributed by atoms with Gasteiger partial charge in [-0.2, -0.15) is 8.42 Å². The Kier molecular flexibility index (Phi) is 4.00. The number of nitrogens with two attached hydrogens (primary N) is 1. The molecule has 24 heavy (non-hydrogen) atoms. The van der Waals surface area contributed by atoms with Crippen molar-refractivity contribution in [3.63, 3.8) is 0 Å². The van der Waals surface area contributed by atoms with E-state index in [0.717, 1.165) is 10.9 Å². The Morgan fingerprint density at radius 1 is 1.04 bits per heavy atom. The second-order valence-corrected chi connectivity index (χ2v) is 6.67. The number of rotatable bonds is 4. The largest absolute Gasteiger partial charge is 0.351 e. The van der Waals surface area contributed by atoms with Crippen LogP contribution in [0.4, 0.5) is 11.4 Å². The van der Waals surface area contributed by atoms with E-state index < -0.39 is 10.2 Å². The number of nitrogens with zero attached hydrogens (tertiary/aromatic N) is 1. The van der Waals surface area contributed by atoms with Gasteiger partial charge < -0.3 is 9.88 Å². The van der Waals surface area contributed by atoms with Gasteiger partial charge in [0.15, 0.2) is 0 Å². The number of anilines is 2. The van der Waals surface area contributed by atoms with Gasteiger partial charge in [0.1, 0.15) is 0 Å². The molecular formula is C16H16N4O3S. The molecule has 0 aliphatic heterocycles. The summed E-state index contributed by atoms with van der Waals surface area (Å²) in [6.45, 7) is 0. The van der Waals surface area contributed by atoms with E-state index in [9.17, 15) is 13.2 Å². The highest BCUT2D eigenvalue weighted by atomic mass is 32.2. The smallest absolute Gasteiger partial charge is 0.296 e. The minimum atomic E-state index is -3.81. The summed E-state index contributed by atoms with van der Waals surface area (Å²) < 4.78 is 26.0. The zero-order chi connectivity index (χ0) is 17.3. The molecule has 1 aromatic heterocycles. The van der Waals surface area contributed by atoms with E-state index in [4.69, 9.17) is 5.14 Å². The van der Waals surface area contributed by atoms with Gasteiger partial charge in [-0.25, -0.2) is 5.14 Å².